The van der Waals surface area contributed by atoms with Crippen LogP contribution in [0.4, 0.5) is 4.39 Å². The van der Waals surface area contributed by atoms with Crippen LogP contribution in [0.2, 0.25) is 0 Å². The molecule has 0 aliphatic rings. The molecule has 2 nitrogen and oxygen atoms in total. The molecule has 0 aliphatic heterocycles. The van der Waals surface area contributed by atoms with Crippen LogP contribution < -0.4 is 0 Å². The second kappa shape index (κ2) is 4.33. The van der Waals surface area contributed by atoms with Gasteiger partial charge in [0, 0.05) is 10.0 Å². The molecule has 2 rings (SSSR count). The minimum Gasteiger partial charge on any atom is -0.281 e. The van der Waals surface area contributed by atoms with E-state index in [1.54, 1.807) is 6.07 Å². The van der Waals surface area contributed by atoms with Gasteiger partial charge in [-0.25, -0.2) is 4.39 Å². The first-order valence-corrected chi connectivity index (χ1v) is 5.59. The van der Waals surface area contributed by atoms with Crippen LogP contribution in [0.15, 0.2) is 28.7 Å². The molecule has 0 fully saturated rings. The summed E-state index contributed by atoms with van der Waals surface area (Å²) in [7, 11) is 0. The highest BCUT2D eigenvalue weighted by Gasteiger charge is 2.07. The summed E-state index contributed by atoms with van der Waals surface area (Å²) in [5, 5.41) is 6.89. The Morgan fingerprint density at radius 2 is 2.20 bits per heavy atom. The van der Waals surface area contributed by atoms with Crippen LogP contribution >= 0.6 is 27.5 Å². The minimum atomic E-state index is -0.279. The summed E-state index contributed by atoms with van der Waals surface area (Å²) in [5.41, 5.74) is 2.42. The van der Waals surface area contributed by atoms with E-state index in [0.717, 1.165) is 17.0 Å². The monoisotopic (exact) mass is 288 g/mol. The number of nitrogens with one attached hydrogen (secondary N) is 1. The zero-order chi connectivity index (χ0) is 10.8. The predicted octanol–water partition coefficient (Wildman–Crippen LogP) is 3.72. The largest absolute Gasteiger partial charge is 0.281 e. The van der Waals surface area contributed by atoms with Crippen molar-refractivity contribution in [1.82, 2.24) is 10.2 Å². The molecule has 0 saturated carbocycles. The Labute approximate surface area is 99.6 Å². The first-order valence-electron chi connectivity index (χ1n) is 4.26. The van der Waals surface area contributed by atoms with Gasteiger partial charge in [0.1, 0.15) is 5.82 Å². The Hall–Kier alpha value is -0.870. The van der Waals surface area contributed by atoms with Crippen LogP contribution in [0, 0.1) is 5.82 Å². The van der Waals surface area contributed by atoms with E-state index in [1.165, 1.54) is 12.1 Å². The van der Waals surface area contributed by atoms with E-state index in [0.29, 0.717) is 10.4 Å². The van der Waals surface area contributed by atoms with Crippen LogP contribution in [0.1, 0.15) is 5.69 Å². The molecule has 0 saturated heterocycles. The third-order valence-corrected chi connectivity index (χ3v) is 2.93. The summed E-state index contributed by atoms with van der Waals surface area (Å²) in [6.45, 7) is 0. The normalized spacial score (nSPS) is 10.6. The number of halogens is 3. The number of hydrogen-bond acceptors (Lipinski definition) is 1. The highest BCUT2D eigenvalue weighted by Crippen LogP contribution is 2.27. The maximum Gasteiger partial charge on any atom is 0.124 e. The fourth-order valence-electron chi connectivity index (χ4n) is 1.27. The molecule has 2 aromatic rings. The van der Waals surface area contributed by atoms with Gasteiger partial charge in [-0.15, -0.1) is 11.6 Å². The van der Waals surface area contributed by atoms with Crippen molar-refractivity contribution in [1.29, 1.82) is 0 Å². The third kappa shape index (κ3) is 2.21. The molecule has 0 bridgehead atoms. The number of aromatic nitrogens is 2. The van der Waals surface area contributed by atoms with E-state index in [2.05, 4.69) is 26.1 Å². The molecule has 78 valence electrons. The molecule has 0 spiro atoms. The summed E-state index contributed by atoms with van der Waals surface area (Å²) in [4.78, 5) is 0. The van der Waals surface area contributed by atoms with Gasteiger partial charge in [0.25, 0.3) is 0 Å². The number of H-pyrrole nitrogens is 1. The lowest BCUT2D eigenvalue weighted by Gasteiger charge is -1.99. The molecule has 5 heteroatoms. The zero-order valence-electron chi connectivity index (χ0n) is 7.60. The van der Waals surface area contributed by atoms with Crippen molar-refractivity contribution in [2.24, 2.45) is 0 Å². The van der Waals surface area contributed by atoms with E-state index in [-0.39, 0.29) is 5.82 Å². The smallest absolute Gasteiger partial charge is 0.124 e. The van der Waals surface area contributed by atoms with Crippen molar-refractivity contribution in [3.8, 4) is 11.3 Å². The lowest BCUT2D eigenvalue weighted by molar-refractivity contribution is 0.627. The molecule has 0 unspecified atom stereocenters. The van der Waals surface area contributed by atoms with E-state index < -0.39 is 0 Å². The molecule has 1 N–H and O–H groups in total. The molecule has 0 radical (unpaired) electrons. The van der Waals surface area contributed by atoms with Crippen molar-refractivity contribution >= 4 is 27.5 Å². The number of hydrogen-bond donors (Lipinski definition) is 1. The van der Waals surface area contributed by atoms with Gasteiger partial charge >= 0.3 is 0 Å². The fourth-order valence-corrected chi connectivity index (χ4v) is 1.96. The van der Waals surface area contributed by atoms with Gasteiger partial charge in [-0.3, -0.25) is 5.10 Å². The van der Waals surface area contributed by atoms with Gasteiger partial charge in [-0.05, 0) is 40.2 Å². The lowest BCUT2D eigenvalue weighted by atomic mass is 10.1. The maximum absolute atomic E-state index is 12.9. The molecular weight excluding hydrogens is 282 g/mol. The summed E-state index contributed by atoms with van der Waals surface area (Å²) in [6.07, 6.45) is 0. The molecule has 0 aliphatic carbocycles. The SMILES string of the molecule is Fc1ccc(-c2cc(CCl)[nH]n2)c(Br)c1. The molecule has 15 heavy (non-hydrogen) atoms. The quantitative estimate of drug-likeness (QED) is 0.839. The van der Waals surface area contributed by atoms with Gasteiger partial charge in [0.15, 0.2) is 0 Å². The summed E-state index contributed by atoms with van der Waals surface area (Å²) in [6, 6.07) is 6.32. The second-order valence-electron chi connectivity index (χ2n) is 3.04. The van der Waals surface area contributed by atoms with Crippen molar-refractivity contribution in [2.75, 3.05) is 0 Å². The molecule has 0 atom stereocenters. The molecular formula is C10H7BrClFN2. The fraction of sp³-hybridized carbons (Fsp3) is 0.100. The van der Waals surface area contributed by atoms with E-state index >= 15 is 0 Å². The van der Waals surface area contributed by atoms with Crippen molar-refractivity contribution in [3.63, 3.8) is 0 Å². The van der Waals surface area contributed by atoms with Gasteiger partial charge in [0.2, 0.25) is 0 Å². The maximum atomic E-state index is 12.9. The standard InChI is InChI=1S/C10H7BrClFN2/c11-9-3-6(13)1-2-8(9)10-4-7(5-12)14-15-10/h1-4H,5H2,(H,14,15). The van der Waals surface area contributed by atoms with Crippen LogP contribution in [-0.2, 0) is 5.88 Å². The second-order valence-corrected chi connectivity index (χ2v) is 4.16. The van der Waals surface area contributed by atoms with Gasteiger partial charge < -0.3 is 0 Å². The molecule has 1 heterocycles. The van der Waals surface area contributed by atoms with Crippen LogP contribution in [-0.4, -0.2) is 10.2 Å². The summed E-state index contributed by atoms with van der Waals surface area (Å²) >= 11 is 8.94. The van der Waals surface area contributed by atoms with Crippen molar-refractivity contribution in [3.05, 3.63) is 40.2 Å². The Morgan fingerprint density at radius 3 is 2.80 bits per heavy atom. The lowest BCUT2D eigenvalue weighted by Crippen LogP contribution is -1.82. The van der Waals surface area contributed by atoms with Gasteiger partial charge in [-0.1, -0.05) is 0 Å². The van der Waals surface area contributed by atoms with Crippen LogP contribution in [0.3, 0.4) is 0 Å². The average Bonchev–Trinajstić information content (AvgIpc) is 2.66. The van der Waals surface area contributed by atoms with E-state index in [1.807, 2.05) is 6.07 Å². The average molecular weight is 290 g/mol. The van der Waals surface area contributed by atoms with Crippen LogP contribution in [0.25, 0.3) is 11.3 Å². The number of rotatable bonds is 2. The summed E-state index contributed by atoms with van der Waals surface area (Å²) < 4.78 is 13.5. The molecule has 0 amide bonds. The number of aromatic amines is 1. The first-order chi connectivity index (χ1) is 7.20. The van der Waals surface area contributed by atoms with Crippen molar-refractivity contribution in [2.45, 2.75) is 5.88 Å². The van der Waals surface area contributed by atoms with E-state index in [4.69, 9.17) is 11.6 Å². The highest BCUT2D eigenvalue weighted by molar-refractivity contribution is 9.10. The number of nitrogens with zero attached hydrogens (tertiary/aromatic N) is 1. The number of benzene rings is 1. The van der Waals surface area contributed by atoms with Gasteiger partial charge in [-0.2, -0.15) is 5.10 Å². The predicted molar refractivity (Wildman–Crippen MR) is 61.2 cm³/mol. The third-order valence-electron chi connectivity index (χ3n) is 1.98. The molecule has 1 aromatic carbocycles. The number of alkyl halides is 1. The zero-order valence-corrected chi connectivity index (χ0v) is 9.94. The Balaban J connectivity index is 2.44. The first kappa shape index (κ1) is 10.6. The van der Waals surface area contributed by atoms with Crippen molar-refractivity contribution < 1.29 is 4.39 Å². The Morgan fingerprint density at radius 1 is 1.40 bits per heavy atom. The summed E-state index contributed by atoms with van der Waals surface area (Å²) in [5.74, 6) is 0.102. The van der Waals surface area contributed by atoms with Gasteiger partial charge in [0.05, 0.1) is 17.3 Å². The van der Waals surface area contributed by atoms with Crippen LogP contribution in [0.5, 0.6) is 0 Å². The van der Waals surface area contributed by atoms with E-state index in [9.17, 15) is 4.39 Å². The molecule has 1 aromatic heterocycles. The topological polar surface area (TPSA) is 28.7 Å². The Bertz CT molecular complexity index is 484. The Kier molecular flexibility index (Phi) is 3.07. The highest BCUT2D eigenvalue weighted by atomic mass is 79.9. The minimum absolute atomic E-state index is 0.279.